The Labute approximate surface area is 125 Å². The van der Waals surface area contributed by atoms with Crippen LogP contribution in [-0.2, 0) is 6.42 Å². The quantitative estimate of drug-likeness (QED) is 0.721. The Hall–Kier alpha value is -1.52. The summed E-state index contributed by atoms with van der Waals surface area (Å²) in [5, 5.41) is 4.29. The molecule has 0 bridgehead atoms. The lowest BCUT2D eigenvalue weighted by Gasteiger charge is -2.24. The predicted molar refractivity (Wildman–Crippen MR) is 82.6 cm³/mol. The molecule has 0 amide bonds. The van der Waals surface area contributed by atoms with Gasteiger partial charge in [0.2, 0.25) is 0 Å². The van der Waals surface area contributed by atoms with E-state index in [4.69, 9.17) is 16.0 Å². The van der Waals surface area contributed by atoms with Crippen LogP contribution in [0.3, 0.4) is 0 Å². The van der Waals surface area contributed by atoms with Gasteiger partial charge in [-0.05, 0) is 31.0 Å². The average molecular weight is 305 g/mol. The summed E-state index contributed by atoms with van der Waals surface area (Å²) < 4.78 is 6.69. The van der Waals surface area contributed by atoms with Crippen LogP contribution in [0.4, 0.5) is 5.69 Å². The Morgan fingerprint density at radius 3 is 3.25 bits per heavy atom. The molecule has 0 saturated heterocycles. The molecule has 102 valence electrons. The molecule has 0 spiro atoms. The van der Waals surface area contributed by atoms with E-state index in [9.17, 15) is 0 Å². The first-order valence-corrected chi connectivity index (χ1v) is 7.93. The molecule has 3 aromatic rings. The van der Waals surface area contributed by atoms with Crippen LogP contribution >= 0.6 is 22.9 Å². The molecule has 2 heterocycles. The van der Waals surface area contributed by atoms with E-state index in [1.165, 1.54) is 5.56 Å². The molecule has 1 N–H and O–H groups in total. The molecule has 1 atom stereocenters. The number of furan rings is 1. The highest BCUT2D eigenvalue weighted by Crippen LogP contribution is 2.38. The van der Waals surface area contributed by atoms with Crippen molar-refractivity contribution in [3.05, 3.63) is 46.3 Å². The first kappa shape index (κ1) is 12.2. The van der Waals surface area contributed by atoms with Crippen LogP contribution in [0, 0.1) is 0 Å². The molecule has 20 heavy (non-hydrogen) atoms. The van der Waals surface area contributed by atoms with Gasteiger partial charge in [-0.1, -0.05) is 11.6 Å². The summed E-state index contributed by atoms with van der Waals surface area (Å²) in [6.45, 7) is 0. The number of fused-ring (bicyclic) bond motifs is 2. The zero-order valence-corrected chi connectivity index (χ0v) is 12.3. The number of benzene rings is 1. The molecule has 1 aliphatic rings. The highest BCUT2D eigenvalue weighted by atomic mass is 35.5. The molecule has 0 saturated carbocycles. The van der Waals surface area contributed by atoms with Gasteiger partial charge in [0.25, 0.3) is 0 Å². The minimum atomic E-state index is 0.252. The van der Waals surface area contributed by atoms with E-state index in [1.54, 1.807) is 17.6 Å². The Morgan fingerprint density at radius 2 is 2.30 bits per heavy atom. The molecule has 1 aromatic carbocycles. The molecule has 4 rings (SSSR count). The van der Waals surface area contributed by atoms with Crippen molar-refractivity contribution in [1.82, 2.24) is 4.98 Å². The van der Waals surface area contributed by atoms with Gasteiger partial charge in [-0.15, -0.1) is 11.3 Å². The third-order valence-corrected chi connectivity index (χ3v) is 4.93. The lowest BCUT2D eigenvalue weighted by atomic mass is 9.93. The summed E-state index contributed by atoms with van der Waals surface area (Å²) in [5.41, 5.74) is 5.00. The molecule has 1 unspecified atom stereocenters. The monoisotopic (exact) mass is 304 g/mol. The second-order valence-corrected chi connectivity index (χ2v) is 6.30. The largest absolute Gasteiger partial charge is 0.469 e. The van der Waals surface area contributed by atoms with E-state index in [0.29, 0.717) is 0 Å². The molecule has 1 aliphatic carbocycles. The average Bonchev–Trinajstić information content (AvgIpc) is 3.10. The van der Waals surface area contributed by atoms with E-state index in [2.05, 4.69) is 16.4 Å². The van der Waals surface area contributed by atoms with Gasteiger partial charge < -0.3 is 9.73 Å². The lowest BCUT2D eigenvalue weighted by Crippen LogP contribution is -2.16. The molecule has 2 aromatic heterocycles. The van der Waals surface area contributed by atoms with E-state index < -0.39 is 0 Å². The number of nitrogens with one attached hydrogen (secondary N) is 1. The lowest BCUT2D eigenvalue weighted by molar-refractivity contribution is 0.461. The van der Waals surface area contributed by atoms with E-state index in [-0.39, 0.29) is 6.04 Å². The van der Waals surface area contributed by atoms with Crippen LogP contribution in [-0.4, -0.2) is 4.98 Å². The minimum Gasteiger partial charge on any atom is -0.469 e. The van der Waals surface area contributed by atoms with Crippen LogP contribution in [0.1, 0.15) is 30.2 Å². The Kier molecular flexibility index (Phi) is 2.93. The van der Waals surface area contributed by atoms with Crippen LogP contribution in [0.2, 0.25) is 5.02 Å². The third kappa shape index (κ3) is 1.91. The highest BCUT2D eigenvalue weighted by molar-refractivity contribution is 7.16. The maximum absolute atomic E-state index is 6.36. The number of rotatable bonds is 2. The molecule has 0 fully saturated rings. The SMILES string of the molecule is Clc1ccc2scnc2c1NC1CCCc2occc21. The number of aromatic nitrogens is 1. The van der Waals surface area contributed by atoms with Crippen molar-refractivity contribution in [2.75, 3.05) is 5.32 Å². The summed E-state index contributed by atoms with van der Waals surface area (Å²) in [5.74, 6) is 1.09. The van der Waals surface area contributed by atoms with Gasteiger partial charge in [0.05, 0.1) is 33.2 Å². The minimum absolute atomic E-state index is 0.252. The predicted octanol–water partition coefficient (Wildman–Crippen LogP) is 5.03. The van der Waals surface area contributed by atoms with Crippen LogP contribution in [0.25, 0.3) is 10.2 Å². The van der Waals surface area contributed by atoms with Crippen LogP contribution in [0.5, 0.6) is 0 Å². The number of hydrogen-bond donors (Lipinski definition) is 1. The maximum atomic E-state index is 6.36. The molecular weight excluding hydrogens is 292 g/mol. The van der Waals surface area contributed by atoms with E-state index in [1.807, 2.05) is 17.6 Å². The Balaban J connectivity index is 1.76. The van der Waals surface area contributed by atoms with Crippen molar-refractivity contribution < 1.29 is 4.42 Å². The van der Waals surface area contributed by atoms with Crippen molar-refractivity contribution in [2.45, 2.75) is 25.3 Å². The normalized spacial score (nSPS) is 18.1. The number of anilines is 1. The maximum Gasteiger partial charge on any atom is 0.109 e. The van der Waals surface area contributed by atoms with E-state index in [0.717, 1.165) is 45.9 Å². The van der Waals surface area contributed by atoms with Gasteiger partial charge in [-0.3, -0.25) is 0 Å². The molecule has 0 radical (unpaired) electrons. The zero-order valence-electron chi connectivity index (χ0n) is 10.7. The van der Waals surface area contributed by atoms with Gasteiger partial charge in [0, 0.05) is 12.0 Å². The summed E-state index contributed by atoms with van der Waals surface area (Å²) >= 11 is 7.99. The van der Waals surface area contributed by atoms with Crippen LogP contribution < -0.4 is 5.32 Å². The summed E-state index contributed by atoms with van der Waals surface area (Å²) in [6, 6.07) is 6.26. The molecule has 3 nitrogen and oxygen atoms in total. The first-order chi connectivity index (χ1) is 9.83. The van der Waals surface area contributed by atoms with Gasteiger partial charge in [-0.2, -0.15) is 0 Å². The summed E-state index contributed by atoms with van der Waals surface area (Å²) in [7, 11) is 0. The molecule has 0 aliphatic heterocycles. The fraction of sp³-hybridized carbons (Fsp3) is 0.267. The fourth-order valence-corrected chi connectivity index (χ4v) is 3.75. The Morgan fingerprint density at radius 1 is 1.35 bits per heavy atom. The topological polar surface area (TPSA) is 38.1 Å². The smallest absolute Gasteiger partial charge is 0.109 e. The van der Waals surface area contributed by atoms with E-state index >= 15 is 0 Å². The van der Waals surface area contributed by atoms with Crippen molar-refractivity contribution >= 4 is 38.8 Å². The number of nitrogens with zero attached hydrogens (tertiary/aromatic N) is 1. The van der Waals surface area contributed by atoms with Gasteiger partial charge in [0.1, 0.15) is 11.3 Å². The van der Waals surface area contributed by atoms with Crippen LogP contribution in [0.15, 0.2) is 34.4 Å². The van der Waals surface area contributed by atoms with Crippen molar-refractivity contribution in [3.8, 4) is 0 Å². The number of aryl methyl sites for hydroxylation is 1. The van der Waals surface area contributed by atoms with Gasteiger partial charge in [0.15, 0.2) is 0 Å². The van der Waals surface area contributed by atoms with Gasteiger partial charge in [-0.25, -0.2) is 4.98 Å². The standard InChI is InChI=1S/C15H13ClN2OS/c16-10-4-5-13-15(17-8-20-13)14(10)18-11-2-1-3-12-9(11)6-7-19-12/h4-8,11,18H,1-3H2. The van der Waals surface area contributed by atoms with Gasteiger partial charge >= 0.3 is 0 Å². The van der Waals surface area contributed by atoms with Crippen molar-refractivity contribution in [3.63, 3.8) is 0 Å². The number of thiazole rings is 1. The Bertz CT molecular complexity index is 764. The molecular formula is C15H13ClN2OS. The third-order valence-electron chi connectivity index (χ3n) is 3.82. The van der Waals surface area contributed by atoms with Crippen molar-refractivity contribution in [2.24, 2.45) is 0 Å². The summed E-state index contributed by atoms with van der Waals surface area (Å²) in [4.78, 5) is 4.44. The zero-order chi connectivity index (χ0) is 13.5. The van der Waals surface area contributed by atoms with Crippen molar-refractivity contribution in [1.29, 1.82) is 0 Å². The summed E-state index contributed by atoms with van der Waals surface area (Å²) in [6.07, 6.45) is 5.01. The fourth-order valence-electron chi connectivity index (χ4n) is 2.85. The number of hydrogen-bond acceptors (Lipinski definition) is 4. The first-order valence-electron chi connectivity index (χ1n) is 6.67. The second kappa shape index (κ2) is 4.79. The second-order valence-electron chi connectivity index (χ2n) is 5.01. The highest BCUT2D eigenvalue weighted by Gasteiger charge is 2.24. The molecule has 5 heteroatoms. The number of halogens is 1.